The fourth-order valence-electron chi connectivity index (χ4n) is 3.32. The molecule has 0 aromatic heterocycles. The zero-order valence-corrected chi connectivity index (χ0v) is 18.5. The van der Waals surface area contributed by atoms with Crippen LogP contribution in [-0.4, -0.2) is 0 Å². The lowest BCUT2D eigenvalue weighted by Crippen LogP contribution is -2.09. The van der Waals surface area contributed by atoms with Crippen LogP contribution in [0.25, 0.3) is 22.3 Å². The summed E-state index contributed by atoms with van der Waals surface area (Å²) in [6, 6.07) is 7.99. The Labute approximate surface area is 189 Å². The molecule has 0 spiro atoms. The Balaban J connectivity index is 2.04. The summed E-state index contributed by atoms with van der Waals surface area (Å²) in [7, 11) is 0. The summed E-state index contributed by atoms with van der Waals surface area (Å²) in [5, 5.41) is -0.249. The molecule has 0 aliphatic carbocycles. The van der Waals surface area contributed by atoms with Gasteiger partial charge in [0.25, 0.3) is 0 Å². The fourth-order valence-corrected chi connectivity index (χ4v) is 4.02. The van der Waals surface area contributed by atoms with Gasteiger partial charge in [-0.05, 0) is 75.8 Å². The first-order valence-corrected chi connectivity index (χ1v) is 10.5. The maximum Gasteiger partial charge on any atom is 0.332 e. The number of alkyl halides is 3. The van der Waals surface area contributed by atoms with E-state index < -0.39 is 33.7 Å². The molecule has 0 amide bonds. The minimum Gasteiger partial charge on any atom is -0.206 e. The summed E-state index contributed by atoms with van der Waals surface area (Å²) in [6.07, 6.45) is 2.57. The van der Waals surface area contributed by atoms with Crippen molar-refractivity contribution < 1.29 is 26.3 Å². The summed E-state index contributed by atoms with van der Waals surface area (Å²) < 4.78 is 84.3. The van der Waals surface area contributed by atoms with E-state index in [0.717, 1.165) is 24.5 Å². The first-order valence-electron chi connectivity index (χ1n) is 9.37. The van der Waals surface area contributed by atoms with Crippen molar-refractivity contribution in [2.45, 2.75) is 31.0 Å². The summed E-state index contributed by atoms with van der Waals surface area (Å²) in [5.74, 6) is -4.66. The van der Waals surface area contributed by atoms with Crippen LogP contribution in [0.5, 0.6) is 0 Å². The standard InChI is InChI=1S/C23H16BrClF6/c1-2-3-4-12-5-6-15(17(26)7-12)13-8-16(25)21(18(27)9-13)14-10-19(28)22(20(29)11-14)23(24,30)31/h5-11H,2-4H2,1H3. The zero-order valence-electron chi connectivity index (χ0n) is 16.2. The van der Waals surface area contributed by atoms with Gasteiger partial charge in [0.15, 0.2) is 0 Å². The monoisotopic (exact) mass is 520 g/mol. The average molecular weight is 522 g/mol. The van der Waals surface area contributed by atoms with Gasteiger partial charge >= 0.3 is 4.83 Å². The third-order valence-corrected chi connectivity index (χ3v) is 5.51. The maximum absolute atomic E-state index is 14.8. The van der Waals surface area contributed by atoms with E-state index in [1.807, 2.05) is 22.9 Å². The van der Waals surface area contributed by atoms with Crippen LogP contribution in [0.4, 0.5) is 26.3 Å². The summed E-state index contributed by atoms with van der Waals surface area (Å²) >= 11 is 8.05. The van der Waals surface area contributed by atoms with E-state index in [9.17, 15) is 26.3 Å². The van der Waals surface area contributed by atoms with E-state index in [1.54, 1.807) is 6.07 Å². The van der Waals surface area contributed by atoms with Gasteiger partial charge in [0, 0.05) is 11.1 Å². The van der Waals surface area contributed by atoms with Crippen molar-refractivity contribution >= 4 is 27.5 Å². The first-order chi connectivity index (χ1) is 14.5. The molecule has 0 fully saturated rings. The molecule has 3 aromatic rings. The van der Waals surface area contributed by atoms with Crippen molar-refractivity contribution in [3.8, 4) is 22.3 Å². The minimum atomic E-state index is -3.94. The van der Waals surface area contributed by atoms with Crippen LogP contribution < -0.4 is 0 Å². The molecule has 0 saturated heterocycles. The molecule has 0 aliphatic heterocycles. The predicted octanol–water partition coefficient (Wildman–Crippen LogP) is 9.02. The van der Waals surface area contributed by atoms with Crippen molar-refractivity contribution in [3.05, 3.63) is 81.9 Å². The van der Waals surface area contributed by atoms with Crippen LogP contribution in [0.1, 0.15) is 30.9 Å². The number of benzene rings is 3. The molecule has 8 heteroatoms. The molecular formula is C23H16BrClF6. The molecule has 0 saturated carbocycles. The van der Waals surface area contributed by atoms with Gasteiger partial charge in [-0.25, -0.2) is 17.6 Å². The van der Waals surface area contributed by atoms with Crippen LogP contribution in [-0.2, 0) is 11.3 Å². The van der Waals surface area contributed by atoms with Crippen molar-refractivity contribution in [3.63, 3.8) is 0 Å². The normalized spacial score (nSPS) is 11.8. The molecule has 0 unspecified atom stereocenters. The Morgan fingerprint density at radius 3 is 1.97 bits per heavy atom. The van der Waals surface area contributed by atoms with Crippen molar-refractivity contribution in [1.82, 2.24) is 0 Å². The number of rotatable bonds is 6. The minimum absolute atomic E-state index is 0.110. The van der Waals surface area contributed by atoms with Gasteiger partial charge in [-0.3, -0.25) is 0 Å². The molecule has 0 N–H and O–H groups in total. The molecule has 3 rings (SSSR count). The second-order valence-electron chi connectivity index (χ2n) is 7.05. The van der Waals surface area contributed by atoms with Crippen molar-refractivity contribution in [2.75, 3.05) is 0 Å². The number of unbranched alkanes of at least 4 members (excludes halogenated alkanes) is 1. The number of aryl methyl sites for hydroxylation is 1. The van der Waals surface area contributed by atoms with Gasteiger partial charge in [0.05, 0.1) is 5.02 Å². The van der Waals surface area contributed by atoms with E-state index in [1.165, 1.54) is 18.2 Å². The molecule has 164 valence electrons. The fraction of sp³-hybridized carbons (Fsp3) is 0.217. The summed E-state index contributed by atoms with van der Waals surface area (Å²) in [5.41, 5.74) is -1.18. The Morgan fingerprint density at radius 1 is 0.839 bits per heavy atom. The zero-order chi connectivity index (χ0) is 22.9. The Kier molecular flexibility index (Phi) is 7.06. The SMILES string of the molecule is CCCCc1ccc(-c2cc(F)c(-c3cc(F)c(C(F)(F)Br)c(F)c3)c(Cl)c2)c(F)c1. The summed E-state index contributed by atoms with van der Waals surface area (Å²) in [6.45, 7) is 2.02. The van der Waals surface area contributed by atoms with E-state index in [2.05, 4.69) is 0 Å². The van der Waals surface area contributed by atoms with Gasteiger partial charge in [0.2, 0.25) is 0 Å². The van der Waals surface area contributed by atoms with Crippen LogP contribution in [0.15, 0.2) is 42.5 Å². The highest BCUT2D eigenvalue weighted by molar-refractivity contribution is 9.09. The molecule has 3 aromatic carbocycles. The van der Waals surface area contributed by atoms with Crippen LogP contribution in [0.2, 0.25) is 5.02 Å². The Bertz CT molecular complexity index is 1080. The molecule has 0 nitrogen and oxygen atoms in total. The van der Waals surface area contributed by atoms with Crippen LogP contribution in [0.3, 0.4) is 0 Å². The number of halogens is 8. The smallest absolute Gasteiger partial charge is 0.206 e. The summed E-state index contributed by atoms with van der Waals surface area (Å²) in [4.78, 5) is -3.94. The van der Waals surface area contributed by atoms with Crippen LogP contribution in [0, 0.1) is 23.3 Å². The van der Waals surface area contributed by atoms with Gasteiger partial charge in [-0.1, -0.05) is 37.1 Å². The van der Waals surface area contributed by atoms with E-state index in [4.69, 9.17) is 11.6 Å². The molecule has 0 aliphatic rings. The lowest BCUT2D eigenvalue weighted by atomic mass is 9.96. The lowest BCUT2D eigenvalue weighted by molar-refractivity contribution is 0.105. The Hall–Kier alpha value is -1.99. The highest BCUT2D eigenvalue weighted by Gasteiger charge is 2.35. The average Bonchev–Trinajstić information content (AvgIpc) is 2.64. The van der Waals surface area contributed by atoms with E-state index >= 15 is 0 Å². The molecular weight excluding hydrogens is 506 g/mol. The molecule has 0 bridgehead atoms. The second kappa shape index (κ2) is 9.25. The van der Waals surface area contributed by atoms with Crippen LogP contribution >= 0.6 is 27.5 Å². The maximum atomic E-state index is 14.8. The second-order valence-corrected chi connectivity index (χ2v) is 8.45. The third kappa shape index (κ3) is 5.09. The first kappa shape index (κ1) is 23.7. The predicted molar refractivity (Wildman–Crippen MR) is 114 cm³/mol. The molecule has 0 radical (unpaired) electrons. The van der Waals surface area contributed by atoms with E-state index in [-0.39, 0.29) is 27.3 Å². The highest BCUT2D eigenvalue weighted by Crippen LogP contribution is 2.41. The quantitative estimate of drug-likeness (QED) is 0.224. The van der Waals surface area contributed by atoms with E-state index in [0.29, 0.717) is 18.6 Å². The lowest BCUT2D eigenvalue weighted by Gasteiger charge is -2.15. The topological polar surface area (TPSA) is 0 Å². The number of hydrogen-bond acceptors (Lipinski definition) is 0. The van der Waals surface area contributed by atoms with Crippen molar-refractivity contribution in [2.24, 2.45) is 0 Å². The highest BCUT2D eigenvalue weighted by atomic mass is 79.9. The number of hydrogen-bond donors (Lipinski definition) is 0. The molecule has 0 atom stereocenters. The van der Waals surface area contributed by atoms with Gasteiger partial charge in [-0.15, -0.1) is 0 Å². The molecule has 31 heavy (non-hydrogen) atoms. The van der Waals surface area contributed by atoms with Gasteiger partial charge < -0.3 is 0 Å². The largest absolute Gasteiger partial charge is 0.332 e. The Morgan fingerprint density at radius 2 is 1.45 bits per heavy atom. The van der Waals surface area contributed by atoms with Gasteiger partial charge in [-0.2, -0.15) is 8.78 Å². The van der Waals surface area contributed by atoms with Crippen molar-refractivity contribution in [1.29, 1.82) is 0 Å². The third-order valence-electron chi connectivity index (χ3n) is 4.82. The molecule has 0 heterocycles. The van der Waals surface area contributed by atoms with Gasteiger partial charge in [0.1, 0.15) is 28.8 Å².